The molecule has 96 valence electrons. The molecule has 1 N–H and O–H groups in total. The smallest absolute Gasteiger partial charge is 0.0402 e. The molecule has 0 aliphatic heterocycles. The standard InChI is InChI=1S/C14H15Br2NS/c1-9(11-3-5-12(15)6-4-11)17-10(2)14-13(16)7-8-18-14/h3-10,17H,1-2H3/t9-,10?/m0/s1. The SMILES string of the molecule is CC(N[C@@H](C)c1ccc(Br)cc1)c1sccc1Br. The summed E-state index contributed by atoms with van der Waals surface area (Å²) in [6, 6.07) is 11.2. The van der Waals surface area contributed by atoms with Gasteiger partial charge in [0.2, 0.25) is 0 Å². The molecule has 1 heterocycles. The maximum atomic E-state index is 3.62. The van der Waals surface area contributed by atoms with Crippen molar-refractivity contribution >= 4 is 43.2 Å². The second kappa shape index (κ2) is 6.33. The third-order valence-corrected chi connectivity index (χ3v) is 5.49. The van der Waals surface area contributed by atoms with E-state index in [2.05, 4.69) is 86.7 Å². The molecule has 1 nitrogen and oxygen atoms in total. The van der Waals surface area contributed by atoms with Crippen molar-refractivity contribution in [3.63, 3.8) is 0 Å². The highest BCUT2D eigenvalue weighted by Gasteiger charge is 2.14. The summed E-state index contributed by atoms with van der Waals surface area (Å²) in [5.74, 6) is 0. The number of halogens is 2. The molecule has 2 rings (SSSR count). The van der Waals surface area contributed by atoms with Crippen LogP contribution in [0.1, 0.15) is 36.4 Å². The zero-order chi connectivity index (χ0) is 13.1. The lowest BCUT2D eigenvalue weighted by Gasteiger charge is -2.20. The Kier molecular flexibility index (Phi) is 5.01. The number of thiophene rings is 1. The first-order valence-electron chi connectivity index (χ1n) is 5.82. The van der Waals surface area contributed by atoms with Crippen molar-refractivity contribution in [2.45, 2.75) is 25.9 Å². The van der Waals surface area contributed by atoms with Crippen LogP contribution in [-0.4, -0.2) is 0 Å². The van der Waals surface area contributed by atoms with Crippen molar-refractivity contribution in [1.82, 2.24) is 5.32 Å². The van der Waals surface area contributed by atoms with Crippen LogP contribution in [0.5, 0.6) is 0 Å². The van der Waals surface area contributed by atoms with Gasteiger partial charge in [-0.3, -0.25) is 0 Å². The highest BCUT2D eigenvalue weighted by molar-refractivity contribution is 9.10. The van der Waals surface area contributed by atoms with Gasteiger partial charge in [-0.15, -0.1) is 11.3 Å². The third-order valence-electron chi connectivity index (χ3n) is 2.91. The summed E-state index contributed by atoms with van der Waals surface area (Å²) in [5, 5.41) is 5.74. The van der Waals surface area contributed by atoms with Gasteiger partial charge >= 0.3 is 0 Å². The molecule has 0 fully saturated rings. The minimum Gasteiger partial charge on any atom is -0.303 e. The molecule has 0 saturated heterocycles. The third kappa shape index (κ3) is 3.44. The minimum atomic E-state index is 0.335. The van der Waals surface area contributed by atoms with E-state index in [-0.39, 0.29) is 0 Å². The summed E-state index contributed by atoms with van der Waals surface area (Å²) in [5.41, 5.74) is 1.30. The summed E-state index contributed by atoms with van der Waals surface area (Å²) in [6.07, 6.45) is 0. The molecule has 1 aromatic heterocycles. The maximum Gasteiger partial charge on any atom is 0.0402 e. The molecule has 18 heavy (non-hydrogen) atoms. The number of hydrogen-bond donors (Lipinski definition) is 1. The van der Waals surface area contributed by atoms with Gasteiger partial charge in [0.05, 0.1) is 0 Å². The topological polar surface area (TPSA) is 12.0 Å². The Morgan fingerprint density at radius 1 is 1.00 bits per heavy atom. The van der Waals surface area contributed by atoms with E-state index in [1.165, 1.54) is 14.9 Å². The zero-order valence-corrected chi connectivity index (χ0v) is 14.3. The van der Waals surface area contributed by atoms with E-state index in [0.29, 0.717) is 12.1 Å². The van der Waals surface area contributed by atoms with Crippen LogP contribution in [0.4, 0.5) is 0 Å². The quantitative estimate of drug-likeness (QED) is 0.709. The number of hydrogen-bond acceptors (Lipinski definition) is 2. The predicted octanol–water partition coefficient (Wildman–Crippen LogP) is 5.68. The molecule has 0 saturated carbocycles. The molecule has 1 aromatic carbocycles. The van der Waals surface area contributed by atoms with Crippen LogP contribution in [0.15, 0.2) is 44.7 Å². The zero-order valence-electron chi connectivity index (χ0n) is 10.3. The van der Waals surface area contributed by atoms with Crippen LogP contribution in [-0.2, 0) is 0 Å². The minimum absolute atomic E-state index is 0.335. The van der Waals surface area contributed by atoms with Crippen LogP contribution >= 0.6 is 43.2 Å². The van der Waals surface area contributed by atoms with Gasteiger partial charge < -0.3 is 5.32 Å². The van der Waals surface area contributed by atoms with Gasteiger partial charge in [-0.05, 0) is 58.9 Å². The molecule has 0 radical (unpaired) electrons. The van der Waals surface area contributed by atoms with Crippen molar-refractivity contribution in [2.75, 3.05) is 0 Å². The molecule has 2 atom stereocenters. The highest BCUT2D eigenvalue weighted by atomic mass is 79.9. The summed E-state index contributed by atoms with van der Waals surface area (Å²) in [6.45, 7) is 4.40. The number of rotatable bonds is 4. The van der Waals surface area contributed by atoms with E-state index in [1.54, 1.807) is 11.3 Å². The molecular weight excluding hydrogens is 374 g/mol. The molecule has 0 bridgehead atoms. The van der Waals surface area contributed by atoms with Gasteiger partial charge in [-0.1, -0.05) is 28.1 Å². The Labute approximate surface area is 129 Å². The average molecular weight is 389 g/mol. The van der Waals surface area contributed by atoms with Gasteiger partial charge in [0.25, 0.3) is 0 Å². The molecule has 0 aliphatic carbocycles. The fraction of sp³-hybridized carbons (Fsp3) is 0.286. The van der Waals surface area contributed by atoms with Crippen molar-refractivity contribution < 1.29 is 0 Å². The number of benzene rings is 1. The molecule has 4 heteroatoms. The van der Waals surface area contributed by atoms with Gasteiger partial charge in [0.15, 0.2) is 0 Å². The monoisotopic (exact) mass is 387 g/mol. The van der Waals surface area contributed by atoms with Gasteiger partial charge in [0, 0.05) is 25.9 Å². The Hall–Kier alpha value is -0.160. The molecule has 0 aliphatic rings. The lowest BCUT2D eigenvalue weighted by Crippen LogP contribution is -2.21. The Morgan fingerprint density at radius 3 is 2.22 bits per heavy atom. The van der Waals surface area contributed by atoms with Crippen molar-refractivity contribution in [1.29, 1.82) is 0 Å². The van der Waals surface area contributed by atoms with E-state index in [0.717, 1.165) is 4.47 Å². The fourth-order valence-corrected chi connectivity index (χ4v) is 3.91. The summed E-state index contributed by atoms with van der Waals surface area (Å²) < 4.78 is 2.31. The first-order chi connectivity index (χ1) is 8.58. The van der Waals surface area contributed by atoms with E-state index < -0.39 is 0 Å². The van der Waals surface area contributed by atoms with Crippen LogP contribution < -0.4 is 5.32 Å². The Balaban J connectivity index is 2.05. The second-order valence-corrected chi connectivity index (χ2v) is 7.01. The van der Waals surface area contributed by atoms with E-state index >= 15 is 0 Å². The Morgan fingerprint density at radius 2 is 1.67 bits per heavy atom. The molecule has 1 unspecified atom stereocenters. The highest BCUT2D eigenvalue weighted by Crippen LogP contribution is 2.30. The van der Waals surface area contributed by atoms with E-state index in [1.807, 2.05) is 0 Å². The van der Waals surface area contributed by atoms with Crippen molar-refractivity contribution in [3.8, 4) is 0 Å². The van der Waals surface area contributed by atoms with Crippen LogP contribution in [0, 0.1) is 0 Å². The summed E-state index contributed by atoms with van der Waals surface area (Å²) >= 11 is 8.83. The van der Waals surface area contributed by atoms with Crippen molar-refractivity contribution in [2.24, 2.45) is 0 Å². The van der Waals surface area contributed by atoms with E-state index in [4.69, 9.17) is 0 Å². The summed E-state index contributed by atoms with van der Waals surface area (Å²) in [4.78, 5) is 1.35. The molecule has 2 aromatic rings. The largest absolute Gasteiger partial charge is 0.303 e. The lowest BCUT2D eigenvalue weighted by atomic mass is 10.1. The van der Waals surface area contributed by atoms with Crippen LogP contribution in [0.25, 0.3) is 0 Å². The van der Waals surface area contributed by atoms with Gasteiger partial charge in [-0.25, -0.2) is 0 Å². The van der Waals surface area contributed by atoms with Gasteiger partial charge in [0.1, 0.15) is 0 Å². The lowest BCUT2D eigenvalue weighted by molar-refractivity contribution is 0.499. The normalized spacial score (nSPS) is 14.4. The average Bonchev–Trinajstić information content (AvgIpc) is 2.76. The van der Waals surface area contributed by atoms with Crippen molar-refractivity contribution in [3.05, 3.63) is 55.1 Å². The number of nitrogens with one attached hydrogen (secondary N) is 1. The molecule has 0 amide bonds. The Bertz CT molecular complexity index is 507. The van der Waals surface area contributed by atoms with Crippen LogP contribution in [0.2, 0.25) is 0 Å². The van der Waals surface area contributed by atoms with Crippen LogP contribution in [0.3, 0.4) is 0 Å². The van der Waals surface area contributed by atoms with E-state index in [9.17, 15) is 0 Å². The predicted molar refractivity (Wildman–Crippen MR) is 86.1 cm³/mol. The van der Waals surface area contributed by atoms with Gasteiger partial charge in [-0.2, -0.15) is 0 Å². The molecular formula is C14H15Br2NS. The fourth-order valence-electron chi connectivity index (χ4n) is 1.91. The first kappa shape index (κ1) is 14.3. The maximum absolute atomic E-state index is 3.62. The summed E-state index contributed by atoms with van der Waals surface area (Å²) in [7, 11) is 0. The first-order valence-corrected chi connectivity index (χ1v) is 8.29. The second-order valence-electron chi connectivity index (χ2n) is 4.29. The molecule has 0 spiro atoms.